The molecule has 0 bridgehead atoms. The van der Waals surface area contributed by atoms with Crippen LogP contribution in [0.15, 0.2) is 11.6 Å². The maximum atomic E-state index is 14.3. The van der Waals surface area contributed by atoms with Crippen LogP contribution in [-0.2, 0) is 28.5 Å². The van der Waals surface area contributed by atoms with Crippen molar-refractivity contribution in [2.45, 2.75) is 129 Å². The fourth-order valence-corrected chi connectivity index (χ4v) is 7.91. The molecule has 3 heterocycles. The molecule has 0 aromatic heterocycles. The van der Waals surface area contributed by atoms with Crippen molar-refractivity contribution in [2.24, 2.45) is 17.3 Å². The summed E-state index contributed by atoms with van der Waals surface area (Å²) in [6.45, 7) is 19.0. The second kappa shape index (κ2) is 15.7. The smallest absolute Gasteiger partial charge is 0.319 e. The van der Waals surface area contributed by atoms with E-state index >= 15 is 0 Å². The molecule has 0 aromatic rings. The van der Waals surface area contributed by atoms with Gasteiger partial charge in [0.15, 0.2) is 12.1 Å². The molecule has 2 fully saturated rings. The minimum absolute atomic E-state index is 0.111. The molecule has 45 heavy (non-hydrogen) atoms. The van der Waals surface area contributed by atoms with Crippen LogP contribution in [0.1, 0.15) is 81.1 Å². The van der Waals surface area contributed by atoms with E-state index in [4.69, 9.17) is 18.9 Å². The molecule has 0 radical (unpaired) electrons. The number of rotatable bonds is 7. The Balaban J connectivity index is 2.02. The van der Waals surface area contributed by atoms with E-state index in [1.165, 1.54) is 5.57 Å². The van der Waals surface area contributed by atoms with Crippen molar-refractivity contribution < 1.29 is 33.6 Å². The number of ketones is 1. The van der Waals surface area contributed by atoms with Crippen molar-refractivity contribution in [3.8, 4) is 0 Å². The van der Waals surface area contributed by atoms with Gasteiger partial charge in [-0.25, -0.2) is 0 Å². The Labute approximate surface area is 272 Å². The van der Waals surface area contributed by atoms with Crippen LogP contribution in [-0.4, -0.2) is 134 Å². The molecule has 0 aromatic carbocycles. The van der Waals surface area contributed by atoms with Gasteiger partial charge in [0.05, 0.1) is 23.9 Å². The lowest BCUT2D eigenvalue weighted by Gasteiger charge is -2.47. The number of likely N-dealkylation sites (N-methyl/N-ethyl adjacent to an activating group) is 2. The van der Waals surface area contributed by atoms with Crippen molar-refractivity contribution >= 4 is 11.8 Å². The molecule has 0 spiro atoms. The molecular weight excluding hydrogens is 574 g/mol. The first-order valence-electron chi connectivity index (χ1n) is 17.0. The molecule has 3 aliphatic heterocycles. The highest BCUT2D eigenvalue weighted by molar-refractivity contribution is 6.04. The first-order valence-corrected chi connectivity index (χ1v) is 17.0. The average Bonchev–Trinajstić information content (AvgIpc) is 2.96. The first kappa shape index (κ1) is 38.1. The number of aliphatic hydroxyl groups excluding tert-OH is 1. The molecule has 10 atom stereocenters. The Hall–Kier alpha value is -1.40. The van der Waals surface area contributed by atoms with Gasteiger partial charge in [0.25, 0.3) is 0 Å². The molecule has 0 aliphatic carbocycles. The number of hydrogen-bond acceptors (Lipinski definition) is 10. The zero-order valence-electron chi connectivity index (χ0n) is 30.2. The number of aliphatic hydroxyl groups is 1. The Morgan fingerprint density at radius 1 is 1.13 bits per heavy atom. The Morgan fingerprint density at radius 2 is 1.80 bits per heavy atom. The monoisotopic (exact) mass is 637 g/mol. The van der Waals surface area contributed by atoms with Crippen LogP contribution in [0.2, 0.25) is 0 Å². The number of methoxy groups -OCH3 is 1. The van der Waals surface area contributed by atoms with E-state index in [0.717, 1.165) is 39.0 Å². The Kier molecular flexibility index (Phi) is 13.2. The number of ether oxygens (including phenoxy) is 4. The van der Waals surface area contributed by atoms with Gasteiger partial charge in [-0.3, -0.25) is 19.4 Å². The van der Waals surface area contributed by atoms with Gasteiger partial charge in [0.2, 0.25) is 0 Å². The number of esters is 1. The highest BCUT2D eigenvalue weighted by atomic mass is 16.7. The van der Waals surface area contributed by atoms with E-state index < -0.39 is 47.5 Å². The number of Topliss-reactive ketones (excluding diaryl/α,β-unsaturated/α-hetero) is 1. The minimum Gasteiger partial charge on any atom is -0.460 e. The number of carbonyl (C=O) groups is 2. The minimum atomic E-state index is -1.43. The molecule has 0 saturated carbocycles. The van der Waals surface area contributed by atoms with Crippen molar-refractivity contribution in [2.75, 3.05) is 54.4 Å². The van der Waals surface area contributed by atoms with Gasteiger partial charge in [0.1, 0.15) is 17.6 Å². The van der Waals surface area contributed by atoms with Crippen LogP contribution in [0.5, 0.6) is 0 Å². The second-order valence-electron chi connectivity index (χ2n) is 15.1. The van der Waals surface area contributed by atoms with Crippen LogP contribution >= 0.6 is 0 Å². The van der Waals surface area contributed by atoms with E-state index in [1.54, 1.807) is 27.9 Å². The third-order valence-corrected chi connectivity index (χ3v) is 10.4. The van der Waals surface area contributed by atoms with Crippen LogP contribution in [0.4, 0.5) is 0 Å². The van der Waals surface area contributed by atoms with E-state index in [-0.39, 0.29) is 29.9 Å². The molecule has 10 heteroatoms. The summed E-state index contributed by atoms with van der Waals surface area (Å²) in [7, 11) is 7.60. The van der Waals surface area contributed by atoms with Crippen molar-refractivity contribution in [1.82, 2.24) is 14.7 Å². The molecule has 0 amide bonds. The molecule has 260 valence electrons. The zero-order valence-corrected chi connectivity index (χ0v) is 30.2. The zero-order chi connectivity index (χ0) is 33.9. The maximum absolute atomic E-state index is 14.3. The summed E-state index contributed by atoms with van der Waals surface area (Å²) in [5.74, 6) is -1.46. The van der Waals surface area contributed by atoms with Gasteiger partial charge in [-0.15, -0.1) is 0 Å². The molecule has 1 N–H and O–H groups in total. The number of nitrogens with zero attached hydrogens (tertiary/aromatic N) is 3. The topological polar surface area (TPSA) is 101 Å². The fourth-order valence-electron chi connectivity index (χ4n) is 7.91. The van der Waals surface area contributed by atoms with Gasteiger partial charge >= 0.3 is 5.97 Å². The lowest BCUT2D eigenvalue weighted by atomic mass is 9.74. The third kappa shape index (κ3) is 8.75. The summed E-state index contributed by atoms with van der Waals surface area (Å²) in [4.78, 5) is 34.9. The average molecular weight is 638 g/mol. The van der Waals surface area contributed by atoms with Crippen molar-refractivity contribution in [1.29, 1.82) is 0 Å². The van der Waals surface area contributed by atoms with Gasteiger partial charge in [-0.1, -0.05) is 32.4 Å². The maximum Gasteiger partial charge on any atom is 0.319 e. The molecule has 0 unspecified atom stereocenters. The molecule has 2 saturated heterocycles. The number of carbonyl (C=O) groups excluding carboxylic acids is 2. The predicted molar refractivity (Wildman–Crippen MR) is 176 cm³/mol. The summed E-state index contributed by atoms with van der Waals surface area (Å²) >= 11 is 0. The summed E-state index contributed by atoms with van der Waals surface area (Å²) in [5, 5.41) is 11.3. The van der Waals surface area contributed by atoms with Gasteiger partial charge in [-0.05, 0) is 93.9 Å². The molecule has 3 aliphatic rings. The summed E-state index contributed by atoms with van der Waals surface area (Å²) < 4.78 is 25.2. The molecular formula is C35H63N3O7. The first-order chi connectivity index (χ1) is 21.0. The van der Waals surface area contributed by atoms with Crippen LogP contribution in [0.3, 0.4) is 0 Å². The van der Waals surface area contributed by atoms with Crippen molar-refractivity contribution in [3.05, 3.63) is 11.6 Å². The predicted octanol–water partition coefficient (Wildman–Crippen LogP) is 3.75. The lowest BCUT2D eigenvalue weighted by molar-refractivity contribution is -0.295. The Morgan fingerprint density at radius 3 is 2.36 bits per heavy atom. The third-order valence-electron chi connectivity index (χ3n) is 10.4. The van der Waals surface area contributed by atoms with Crippen LogP contribution < -0.4 is 0 Å². The summed E-state index contributed by atoms with van der Waals surface area (Å²) in [6.07, 6.45) is 2.27. The number of hydrogen-bond donors (Lipinski definition) is 1. The van der Waals surface area contributed by atoms with E-state index in [0.29, 0.717) is 12.8 Å². The number of cyclic esters (lactones) is 1. The highest BCUT2D eigenvalue weighted by Gasteiger charge is 2.52. The van der Waals surface area contributed by atoms with E-state index in [9.17, 15) is 14.7 Å². The largest absolute Gasteiger partial charge is 0.460 e. The van der Waals surface area contributed by atoms with Crippen LogP contribution in [0.25, 0.3) is 0 Å². The van der Waals surface area contributed by atoms with Gasteiger partial charge in [0, 0.05) is 38.7 Å². The molecule has 10 nitrogen and oxygen atoms in total. The summed E-state index contributed by atoms with van der Waals surface area (Å²) in [6, 6.07) is -0.283. The second-order valence-corrected chi connectivity index (χ2v) is 15.1. The SMILES string of the molecule is CCCN1CC=C([C@H]2[C@@H](C)OC(=O)C(C)(C)C(=O)[C@H](C)[C@@H](O[C@@H]3O[C@H](C)C[C@H](N(C)C)[C@H]3O)[C@](C)(OC)C[C@@H](C)CN2C)CC1. The highest BCUT2D eigenvalue weighted by Crippen LogP contribution is 2.39. The quantitative estimate of drug-likeness (QED) is 0.252. The fraction of sp³-hybridized carbons (Fsp3) is 0.886. The standard InChI is InChI=1S/C35H63N3O7/c1-13-16-38-17-14-26(15-18-38)28-25(5)44-33(41)34(6,7)30(40)24(4)31(35(8,42-12)20-22(2)21-37(28)11)45-32-29(39)27(36(9)10)19-23(3)43-32/h14,22-25,27-29,31-32,39H,13,15-21H2,1-12H3/t22-,23-,24+,25-,27+,28-,29-,31-,32+,35-/m1/s1. The molecule has 3 rings (SSSR count). The van der Waals surface area contributed by atoms with E-state index in [2.05, 4.69) is 36.8 Å². The lowest BCUT2D eigenvalue weighted by Crippen LogP contribution is -2.59. The Bertz CT molecular complexity index is 1030. The summed E-state index contributed by atoms with van der Waals surface area (Å²) in [5.41, 5.74) is -1.09. The van der Waals surface area contributed by atoms with Crippen LogP contribution in [0, 0.1) is 17.3 Å². The van der Waals surface area contributed by atoms with Crippen molar-refractivity contribution in [3.63, 3.8) is 0 Å². The van der Waals surface area contributed by atoms with E-state index in [1.807, 2.05) is 39.8 Å². The normalized spacial score (nSPS) is 39.9. The van der Waals surface area contributed by atoms with Gasteiger partial charge < -0.3 is 29.0 Å². The van der Waals surface area contributed by atoms with Gasteiger partial charge in [-0.2, -0.15) is 0 Å².